The van der Waals surface area contributed by atoms with Crippen molar-refractivity contribution in [3.8, 4) is 28.1 Å². The quantitative estimate of drug-likeness (QED) is 0.432. The van der Waals surface area contributed by atoms with Crippen molar-refractivity contribution in [3.63, 3.8) is 0 Å². The summed E-state index contributed by atoms with van der Waals surface area (Å²) in [4.78, 5) is 0. The summed E-state index contributed by atoms with van der Waals surface area (Å²) in [6.07, 6.45) is 0. The fourth-order valence-corrected chi connectivity index (χ4v) is 3.27. The SMILES string of the molecule is Cc1cc(-c2ccccc2)cc(-c2ccccc2)[n+]1-c1ccccc1. The van der Waals surface area contributed by atoms with E-state index in [1.807, 2.05) is 0 Å². The molecule has 0 saturated heterocycles. The summed E-state index contributed by atoms with van der Waals surface area (Å²) in [6, 6.07) is 36.2. The maximum absolute atomic E-state index is 2.32. The summed E-state index contributed by atoms with van der Waals surface area (Å²) in [6.45, 7) is 2.17. The number of hydrogen-bond acceptors (Lipinski definition) is 0. The molecule has 0 saturated carbocycles. The minimum absolute atomic E-state index is 1.18. The first kappa shape index (κ1) is 15.3. The van der Waals surface area contributed by atoms with Crippen molar-refractivity contribution < 1.29 is 4.57 Å². The van der Waals surface area contributed by atoms with Crippen LogP contribution in [0.2, 0.25) is 0 Å². The molecule has 1 aromatic heterocycles. The molecule has 4 rings (SSSR count). The van der Waals surface area contributed by atoms with Crippen LogP contribution in [0.3, 0.4) is 0 Å². The second-order valence-corrected chi connectivity index (χ2v) is 6.17. The molecule has 1 heteroatoms. The minimum atomic E-state index is 1.18. The number of benzene rings is 3. The Morgan fingerprint density at radius 2 is 1.04 bits per heavy atom. The molecule has 120 valence electrons. The van der Waals surface area contributed by atoms with E-state index in [0.29, 0.717) is 0 Å². The molecule has 0 atom stereocenters. The highest BCUT2D eigenvalue weighted by Crippen LogP contribution is 2.26. The Balaban J connectivity index is 1.99. The molecule has 0 amide bonds. The van der Waals surface area contributed by atoms with E-state index in [1.54, 1.807) is 0 Å². The monoisotopic (exact) mass is 322 g/mol. The van der Waals surface area contributed by atoms with Gasteiger partial charge < -0.3 is 0 Å². The van der Waals surface area contributed by atoms with Gasteiger partial charge in [0.25, 0.3) is 0 Å². The average Bonchev–Trinajstić information content (AvgIpc) is 2.69. The van der Waals surface area contributed by atoms with Gasteiger partial charge in [-0.05, 0) is 23.3 Å². The van der Waals surface area contributed by atoms with Crippen molar-refractivity contribution in [1.82, 2.24) is 0 Å². The van der Waals surface area contributed by atoms with Crippen LogP contribution in [-0.2, 0) is 0 Å². The molecular weight excluding hydrogens is 302 g/mol. The fourth-order valence-electron chi connectivity index (χ4n) is 3.27. The van der Waals surface area contributed by atoms with Crippen LogP contribution in [-0.4, -0.2) is 0 Å². The zero-order valence-corrected chi connectivity index (χ0v) is 14.3. The second-order valence-electron chi connectivity index (χ2n) is 6.17. The molecule has 0 spiro atoms. The van der Waals surface area contributed by atoms with Crippen molar-refractivity contribution >= 4 is 0 Å². The van der Waals surface area contributed by atoms with Crippen LogP contribution in [0.5, 0.6) is 0 Å². The number of hydrogen-bond donors (Lipinski definition) is 0. The Labute approximate surface area is 148 Å². The van der Waals surface area contributed by atoms with Crippen LogP contribution < -0.4 is 4.57 Å². The molecule has 1 nitrogen and oxygen atoms in total. The van der Waals surface area contributed by atoms with Crippen molar-refractivity contribution in [2.45, 2.75) is 6.92 Å². The van der Waals surface area contributed by atoms with Gasteiger partial charge in [0.15, 0.2) is 5.69 Å². The largest absolute Gasteiger partial charge is 0.219 e. The first-order valence-electron chi connectivity index (χ1n) is 8.56. The van der Waals surface area contributed by atoms with Gasteiger partial charge in [0.1, 0.15) is 0 Å². The molecule has 0 fully saturated rings. The highest BCUT2D eigenvalue weighted by molar-refractivity contribution is 5.69. The van der Waals surface area contributed by atoms with Gasteiger partial charge in [0.05, 0.1) is 0 Å². The topological polar surface area (TPSA) is 3.88 Å². The van der Waals surface area contributed by atoms with E-state index >= 15 is 0 Å². The average molecular weight is 322 g/mol. The van der Waals surface area contributed by atoms with Crippen molar-refractivity contribution in [3.05, 3.63) is 109 Å². The number of nitrogens with zero attached hydrogens (tertiary/aromatic N) is 1. The first-order valence-corrected chi connectivity index (χ1v) is 8.56. The van der Waals surface area contributed by atoms with Gasteiger partial charge in [0.2, 0.25) is 11.4 Å². The van der Waals surface area contributed by atoms with Gasteiger partial charge >= 0.3 is 0 Å². The maximum Gasteiger partial charge on any atom is 0.219 e. The zero-order chi connectivity index (χ0) is 17.1. The van der Waals surface area contributed by atoms with E-state index < -0.39 is 0 Å². The van der Waals surface area contributed by atoms with E-state index in [1.165, 1.54) is 33.8 Å². The molecule has 0 aliphatic heterocycles. The van der Waals surface area contributed by atoms with Gasteiger partial charge in [-0.3, -0.25) is 0 Å². The van der Waals surface area contributed by atoms with Crippen molar-refractivity contribution in [2.24, 2.45) is 0 Å². The molecular formula is C24H20N+. The lowest BCUT2D eigenvalue weighted by molar-refractivity contribution is -0.591. The van der Waals surface area contributed by atoms with Crippen LogP contribution in [0, 0.1) is 6.92 Å². The number of pyridine rings is 1. The first-order chi connectivity index (χ1) is 12.3. The van der Waals surface area contributed by atoms with E-state index in [-0.39, 0.29) is 0 Å². The summed E-state index contributed by atoms with van der Waals surface area (Å²) in [7, 11) is 0. The van der Waals surface area contributed by atoms with Gasteiger partial charge in [-0.2, -0.15) is 4.57 Å². The second kappa shape index (κ2) is 6.74. The Morgan fingerprint density at radius 1 is 0.520 bits per heavy atom. The van der Waals surface area contributed by atoms with Crippen LogP contribution in [0.15, 0.2) is 103 Å². The van der Waals surface area contributed by atoms with Gasteiger partial charge in [-0.1, -0.05) is 66.7 Å². The summed E-state index contributed by atoms with van der Waals surface area (Å²) in [5, 5.41) is 0. The lowest BCUT2D eigenvalue weighted by Gasteiger charge is -2.10. The Hall–Kier alpha value is -3.19. The Kier molecular flexibility index (Phi) is 4.14. The number of aryl methyl sites for hydroxylation is 1. The van der Waals surface area contributed by atoms with Gasteiger partial charge in [0, 0.05) is 36.8 Å². The summed E-state index contributed by atoms with van der Waals surface area (Å²) >= 11 is 0. The van der Waals surface area contributed by atoms with Crippen LogP contribution in [0.4, 0.5) is 0 Å². The third-order valence-electron chi connectivity index (χ3n) is 4.44. The molecule has 0 radical (unpaired) electrons. The van der Waals surface area contributed by atoms with E-state index in [4.69, 9.17) is 0 Å². The molecule has 0 N–H and O–H groups in total. The third-order valence-corrected chi connectivity index (χ3v) is 4.44. The molecule has 25 heavy (non-hydrogen) atoms. The lowest BCUT2D eigenvalue weighted by Crippen LogP contribution is -2.36. The maximum atomic E-state index is 2.32. The Morgan fingerprint density at radius 3 is 1.64 bits per heavy atom. The number of rotatable bonds is 3. The predicted octanol–water partition coefficient (Wildman–Crippen LogP) is 5.61. The summed E-state index contributed by atoms with van der Waals surface area (Å²) in [5.41, 5.74) is 7.29. The van der Waals surface area contributed by atoms with E-state index in [9.17, 15) is 0 Å². The third kappa shape index (κ3) is 3.09. The minimum Gasteiger partial charge on any atom is -0.158 e. The molecule has 0 aliphatic rings. The van der Waals surface area contributed by atoms with Crippen LogP contribution in [0.1, 0.15) is 5.69 Å². The fraction of sp³-hybridized carbons (Fsp3) is 0.0417. The highest BCUT2D eigenvalue weighted by atomic mass is 15.0. The summed E-state index contributed by atoms with van der Waals surface area (Å²) < 4.78 is 2.32. The van der Waals surface area contributed by atoms with Crippen LogP contribution in [0.25, 0.3) is 28.1 Å². The van der Waals surface area contributed by atoms with E-state index in [2.05, 4.69) is 115 Å². The summed E-state index contributed by atoms with van der Waals surface area (Å²) in [5.74, 6) is 0. The molecule has 3 aromatic carbocycles. The highest BCUT2D eigenvalue weighted by Gasteiger charge is 2.20. The molecule has 0 aliphatic carbocycles. The molecule has 0 unspecified atom stereocenters. The standard InChI is InChI=1S/C24H20N/c1-19-17-22(20-11-5-2-6-12-20)18-24(21-13-7-3-8-14-21)25(19)23-15-9-4-10-16-23/h2-18H,1H3/q+1. The van der Waals surface area contributed by atoms with Gasteiger partial charge in [-0.15, -0.1) is 0 Å². The molecule has 4 aromatic rings. The normalized spacial score (nSPS) is 10.6. The van der Waals surface area contributed by atoms with E-state index in [0.717, 1.165) is 0 Å². The Bertz CT molecular complexity index is 974. The predicted molar refractivity (Wildman–Crippen MR) is 104 cm³/mol. The van der Waals surface area contributed by atoms with Gasteiger partial charge in [-0.25, -0.2) is 0 Å². The smallest absolute Gasteiger partial charge is 0.158 e. The zero-order valence-electron chi connectivity index (χ0n) is 14.3. The number of para-hydroxylation sites is 1. The van der Waals surface area contributed by atoms with Crippen LogP contribution >= 0.6 is 0 Å². The van der Waals surface area contributed by atoms with Crippen molar-refractivity contribution in [1.29, 1.82) is 0 Å². The molecule has 1 heterocycles. The lowest BCUT2D eigenvalue weighted by atomic mass is 10.0. The van der Waals surface area contributed by atoms with Crippen molar-refractivity contribution in [2.75, 3.05) is 0 Å². The molecule has 0 bridgehead atoms. The number of aromatic nitrogens is 1.